The van der Waals surface area contributed by atoms with Crippen LogP contribution in [0.2, 0.25) is 0 Å². The normalized spacial score (nSPS) is 29.6. The van der Waals surface area contributed by atoms with Crippen LogP contribution in [-0.4, -0.2) is 23.7 Å². The van der Waals surface area contributed by atoms with Gasteiger partial charge in [0.05, 0.1) is 5.41 Å². The van der Waals surface area contributed by atoms with Gasteiger partial charge in [-0.25, -0.2) is 4.98 Å². The van der Waals surface area contributed by atoms with Gasteiger partial charge in [0, 0.05) is 22.8 Å². The van der Waals surface area contributed by atoms with Gasteiger partial charge in [0.1, 0.15) is 12.0 Å². The number of hydrogen-bond acceptors (Lipinski definition) is 3. The number of pyridine rings is 1. The van der Waals surface area contributed by atoms with Crippen LogP contribution in [0.15, 0.2) is 16.7 Å². The number of fused-ring (bicyclic) bond motifs is 1. The van der Waals surface area contributed by atoms with Gasteiger partial charge in [0.2, 0.25) is 5.91 Å². The van der Waals surface area contributed by atoms with Crippen molar-refractivity contribution >= 4 is 27.7 Å². The number of rotatable bonds is 2. The van der Waals surface area contributed by atoms with Crippen LogP contribution < -0.4 is 4.90 Å². The Morgan fingerprint density at radius 3 is 3.00 bits per heavy atom. The molecule has 2 aliphatic rings. The molecule has 0 spiro atoms. The maximum Gasteiger partial charge on any atom is 0.240 e. The summed E-state index contributed by atoms with van der Waals surface area (Å²) in [5.41, 5.74) is 0.491. The minimum Gasteiger partial charge on any atom is -0.358 e. The van der Waals surface area contributed by atoms with E-state index >= 15 is 0 Å². The molecular formula is C15H19BrN2O2. The molecule has 1 aromatic rings. The molecule has 5 heteroatoms. The van der Waals surface area contributed by atoms with Gasteiger partial charge in [-0.3, -0.25) is 9.69 Å². The third-order valence-corrected chi connectivity index (χ3v) is 5.16. The highest BCUT2D eigenvalue weighted by atomic mass is 79.9. The van der Waals surface area contributed by atoms with Gasteiger partial charge in [-0.05, 0) is 38.7 Å². The number of halogens is 1. The molecule has 1 fully saturated rings. The molecule has 108 valence electrons. The standard InChI is InChI=1S/C15H19BrN2O2/c1-3-15(2)12-10(16)7-8-17-13(12)18(14(15)19)11-6-4-5-9-20-11/h7-8,11H,3-6,9H2,1-2H3. The van der Waals surface area contributed by atoms with Gasteiger partial charge in [-0.1, -0.05) is 22.9 Å². The van der Waals surface area contributed by atoms with Crippen molar-refractivity contribution in [2.24, 2.45) is 0 Å². The Labute approximate surface area is 127 Å². The van der Waals surface area contributed by atoms with E-state index in [0.717, 1.165) is 48.1 Å². The second-order valence-electron chi connectivity index (χ2n) is 5.67. The first kappa shape index (κ1) is 14.0. The Kier molecular flexibility index (Phi) is 3.58. The molecular weight excluding hydrogens is 320 g/mol. The highest BCUT2D eigenvalue weighted by molar-refractivity contribution is 9.10. The first-order valence-corrected chi connectivity index (χ1v) is 7.99. The fraction of sp³-hybridized carbons (Fsp3) is 0.600. The van der Waals surface area contributed by atoms with Crippen LogP contribution >= 0.6 is 15.9 Å². The van der Waals surface area contributed by atoms with E-state index in [-0.39, 0.29) is 12.1 Å². The Morgan fingerprint density at radius 1 is 1.55 bits per heavy atom. The fourth-order valence-corrected chi connectivity index (χ4v) is 3.85. The van der Waals surface area contributed by atoms with E-state index in [1.54, 1.807) is 11.1 Å². The molecule has 20 heavy (non-hydrogen) atoms. The van der Waals surface area contributed by atoms with E-state index in [4.69, 9.17) is 4.74 Å². The van der Waals surface area contributed by atoms with Crippen LogP contribution in [0.1, 0.15) is 45.1 Å². The van der Waals surface area contributed by atoms with E-state index < -0.39 is 5.41 Å². The summed E-state index contributed by atoms with van der Waals surface area (Å²) in [6.07, 6.45) is 5.40. The zero-order valence-electron chi connectivity index (χ0n) is 11.9. The summed E-state index contributed by atoms with van der Waals surface area (Å²) in [5.74, 6) is 0.877. The molecule has 0 bridgehead atoms. The summed E-state index contributed by atoms with van der Waals surface area (Å²) in [7, 11) is 0. The van der Waals surface area contributed by atoms with Gasteiger partial charge < -0.3 is 4.74 Å². The molecule has 3 rings (SSSR count). The van der Waals surface area contributed by atoms with Gasteiger partial charge in [0.25, 0.3) is 0 Å². The van der Waals surface area contributed by atoms with Crippen molar-refractivity contribution < 1.29 is 9.53 Å². The van der Waals surface area contributed by atoms with Gasteiger partial charge >= 0.3 is 0 Å². The topological polar surface area (TPSA) is 42.4 Å². The lowest BCUT2D eigenvalue weighted by Gasteiger charge is -2.32. The number of carbonyl (C=O) groups excluding carboxylic acids is 1. The smallest absolute Gasteiger partial charge is 0.240 e. The molecule has 2 atom stereocenters. The van der Waals surface area contributed by atoms with E-state index in [1.807, 2.05) is 19.9 Å². The molecule has 1 amide bonds. The summed E-state index contributed by atoms with van der Waals surface area (Å²) < 4.78 is 6.77. The molecule has 0 saturated carbocycles. The molecule has 0 radical (unpaired) electrons. The molecule has 0 N–H and O–H groups in total. The fourth-order valence-electron chi connectivity index (χ4n) is 3.11. The van der Waals surface area contributed by atoms with E-state index in [2.05, 4.69) is 20.9 Å². The Balaban J connectivity index is 2.10. The maximum absolute atomic E-state index is 13.0. The lowest BCUT2D eigenvalue weighted by atomic mass is 9.82. The second-order valence-corrected chi connectivity index (χ2v) is 6.53. The van der Waals surface area contributed by atoms with Crippen LogP contribution in [0.5, 0.6) is 0 Å². The highest BCUT2D eigenvalue weighted by Gasteiger charge is 2.50. The lowest BCUT2D eigenvalue weighted by molar-refractivity contribution is -0.126. The number of hydrogen-bond donors (Lipinski definition) is 0. The van der Waals surface area contributed by atoms with Gasteiger partial charge in [0.15, 0.2) is 0 Å². The minimum absolute atomic E-state index is 0.112. The molecule has 1 saturated heterocycles. The minimum atomic E-state index is -0.511. The summed E-state index contributed by atoms with van der Waals surface area (Å²) in [4.78, 5) is 19.2. The third kappa shape index (κ3) is 1.91. The first-order valence-electron chi connectivity index (χ1n) is 7.20. The average molecular weight is 339 g/mol. The van der Waals surface area contributed by atoms with Gasteiger partial charge in [-0.15, -0.1) is 0 Å². The van der Waals surface area contributed by atoms with Crippen LogP contribution in [0.3, 0.4) is 0 Å². The van der Waals surface area contributed by atoms with Crippen LogP contribution in [-0.2, 0) is 14.9 Å². The van der Waals surface area contributed by atoms with E-state index in [1.165, 1.54) is 0 Å². The second kappa shape index (κ2) is 5.11. The predicted octanol–water partition coefficient (Wildman–Crippen LogP) is 3.39. The number of carbonyl (C=O) groups is 1. The van der Waals surface area contributed by atoms with Crippen molar-refractivity contribution in [1.29, 1.82) is 0 Å². The summed E-state index contributed by atoms with van der Waals surface area (Å²) in [6, 6.07) is 1.91. The predicted molar refractivity (Wildman–Crippen MR) is 80.7 cm³/mol. The molecule has 3 heterocycles. The van der Waals surface area contributed by atoms with Crippen LogP contribution in [0.25, 0.3) is 0 Å². The number of aromatic nitrogens is 1. The van der Waals surface area contributed by atoms with Crippen molar-refractivity contribution in [3.8, 4) is 0 Å². The SMILES string of the molecule is CCC1(C)C(=O)N(C2CCCCO2)c2nccc(Br)c21. The van der Waals surface area contributed by atoms with Crippen molar-refractivity contribution in [3.05, 3.63) is 22.3 Å². The number of amides is 1. The van der Waals surface area contributed by atoms with Crippen LogP contribution in [0, 0.1) is 0 Å². The summed E-state index contributed by atoms with van der Waals surface area (Å²) in [5, 5.41) is 0. The highest BCUT2D eigenvalue weighted by Crippen LogP contribution is 2.47. The summed E-state index contributed by atoms with van der Waals surface area (Å²) in [6.45, 7) is 4.77. The molecule has 0 aromatic carbocycles. The largest absolute Gasteiger partial charge is 0.358 e. The Morgan fingerprint density at radius 2 is 2.35 bits per heavy atom. The van der Waals surface area contributed by atoms with E-state index in [9.17, 15) is 4.79 Å². The van der Waals surface area contributed by atoms with Crippen molar-refractivity contribution in [2.75, 3.05) is 11.5 Å². The number of nitrogens with zero attached hydrogens (tertiary/aromatic N) is 2. The number of ether oxygens (including phenoxy) is 1. The third-order valence-electron chi connectivity index (χ3n) is 4.50. The molecule has 2 aliphatic heterocycles. The van der Waals surface area contributed by atoms with Crippen LogP contribution in [0.4, 0.5) is 5.82 Å². The maximum atomic E-state index is 13.0. The van der Waals surface area contributed by atoms with Crippen molar-refractivity contribution in [2.45, 2.75) is 51.2 Å². The lowest BCUT2D eigenvalue weighted by Crippen LogP contribution is -2.46. The summed E-state index contributed by atoms with van der Waals surface area (Å²) >= 11 is 3.58. The molecule has 4 nitrogen and oxygen atoms in total. The monoisotopic (exact) mass is 338 g/mol. The zero-order chi connectivity index (χ0) is 14.3. The van der Waals surface area contributed by atoms with E-state index in [0.29, 0.717) is 0 Å². The van der Waals surface area contributed by atoms with Gasteiger partial charge in [-0.2, -0.15) is 0 Å². The molecule has 0 aliphatic carbocycles. The first-order chi connectivity index (χ1) is 9.59. The zero-order valence-corrected chi connectivity index (χ0v) is 13.4. The Bertz CT molecular complexity index is 543. The van der Waals surface area contributed by atoms with Crippen molar-refractivity contribution in [1.82, 2.24) is 4.98 Å². The average Bonchev–Trinajstić information content (AvgIpc) is 2.70. The number of anilines is 1. The molecule has 2 unspecified atom stereocenters. The Hall–Kier alpha value is -0.940. The van der Waals surface area contributed by atoms with Crippen molar-refractivity contribution in [3.63, 3.8) is 0 Å². The molecule has 1 aromatic heterocycles. The quantitative estimate of drug-likeness (QED) is 0.830.